The first-order valence-corrected chi connectivity index (χ1v) is 5.90. The molecule has 0 aromatic rings. The standard InChI is InChI=1S/C8H16N2O2S/c1-3-9-13(11,12)10-6-4-5-8(2)7-10/h5,9H,3-4,6-7H2,1-2H3. The van der Waals surface area contributed by atoms with E-state index >= 15 is 0 Å². The molecule has 0 spiro atoms. The van der Waals surface area contributed by atoms with Crippen LogP contribution in [0.15, 0.2) is 11.6 Å². The lowest BCUT2D eigenvalue weighted by Crippen LogP contribution is -2.43. The van der Waals surface area contributed by atoms with E-state index in [0.29, 0.717) is 19.6 Å². The second kappa shape index (κ2) is 4.21. The molecule has 0 amide bonds. The molecule has 0 radical (unpaired) electrons. The second-order valence-electron chi connectivity index (χ2n) is 3.18. The third-order valence-corrected chi connectivity index (χ3v) is 3.61. The zero-order chi connectivity index (χ0) is 9.90. The fourth-order valence-corrected chi connectivity index (χ4v) is 2.62. The molecule has 13 heavy (non-hydrogen) atoms. The Labute approximate surface area is 79.8 Å². The van der Waals surface area contributed by atoms with Gasteiger partial charge < -0.3 is 0 Å². The molecule has 0 saturated heterocycles. The van der Waals surface area contributed by atoms with Crippen molar-refractivity contribution in [2.24, 2.45) is 0 Å². The van der Waals surface area contributed by atoms with Crippen molar-refractivity contribution in [2.45, 2.75) is 20.3 Å². The van der Waals surface area contributed by atoms with Crippen molar-refractivity contribution in [3.63, 3.8) is 0 Å². The van der Waals surface area contributed by atoms with Crippen molar-refractivity contribution in [1.82, 2.24) is 9.03 Å². The number of rotatable bonds is 3. The van der Waals surface area contributed by atoms with E-state index in [-0.39, 0.29) is 0 Å². The van der Waals surface area contributed by atoms with E-state index in [1.165, 1.54) is 4.31 Å². The summed E-state index contributed by atoms with van der Waals surface area (Å²) in [4.78, 5) is 0. The molecular weight excluding hydrogens is 188 g/mol. The smallest absolute Gasteiger partial charge is 0.202 e. The topological polar surface area (TPSA) is 49.4 Å². The van der Waals surface area contributed by atoms with E-state index in [0.717, 1.165) is 12.0 Å². The fourth-order valence-electron chi connectivity index (χ4n) is 1.36. The number of nitrogens with zero attached hydrogens (tertiary/aromatic N) is 1. The molecule has 1 aliphatic rings. The van der Waals surface area contributed by atoms with Gasteiger partial charge in [0.25, 0.3) is 10.2 Å². The average Bonchev–Trinajstić information content (AvgIpc) is 2.04. The van der Waals surface area contributed by atoms with Crippen LogP contribution in [-0.2, 0) is 10.2 Å². The van der Waals surface area contributed by atoms with E-state index in [1.54, 1.807) is 6.92 Å². The first-order chi connectivity index (χ1) is 6.06. The van der Waals surface area contributed by atoms with Gasteiger partial charge in [0.15, 0.2) is 0 Å². The number of hydrogen-bond donors (Lipinski definition) is 1. The molecule has 5 heteroatoms. The van der Waals surface area contributed by atoms with E-state index in [4.69, 9.17) is 0 Å². The van der Waals surface area contributed by atoms with Crippen molar-refractivity contribution in [2.75, 3.05) is 19.6 Å². The Morgan fingerprint density at radius 3 is 2.85 bits per heavy atom. The number of hydrogen-bond acceptors (Lipinski definition) is 2. The second-order valence-corrected chi connectivity index (χ2v) is 4.93. The Morgan fingerprint density at radius 1 is 1.62 bits per heavy atom. The molecule has 1 N–H and O–H groups in total. The van der Waals surface area contributed by atoms with Crippen molar-refractivity contribution >= 4 is 10.2 Å². The van der Waals surface area contributed by atoms with Crippen LogP contribution in [-0.4, -0.2) is 32.4 Å². The summed E-state index contributed by atoms with van der Waals surface area (Å²) in [5, 5.41) is 0. The summed E-state index contributed by atoms with van der Waals surface area (Å²) in [5.41, 5.74) is 1.12. The highest BCUT2D eigenvalue weighted by molar-refractivity contribution is 7.87. The Hall–Kier alpha value is -0.390. The Kier molecular flexibility index (Phi) is 3.47. The van der Waals surface area contributed by atoms with Crippen LogP contribution in [0.2, 0.25) is 0 Å². The van der Waals surface area contributed by atoms with Gasteiger partial charge in [0.2, 0.25) is 0 Å². The molecule has 0 saturated carbocycles. The molecule has 0 unspecified atom stereocenters. The summed E-state index contributed by atoms with van der Waals surface area (Å²) >= 11 is 0. The summed E-state index contributed by atoms with van der Waals surface area (Å²) in [7, 11) is -3.22. The molecular formula is C8H16N2O2S. The lowest BCUT2D eigenvalue weighted by Gasteiger charge is -2.25. The van der Waals surface area contributed by atoms with Crippen LogP contribution in [0.25, 0.3) is 0 Å². The van der Waals surface area contributed by atoms with Crippen LogP contribution in [0.1, 0.15) is 20.3 Å². The zero-order valence-electron chi connectivity index (χ0n) is 8.08. The van der Waals surface area contributed by atoms with Crippen LogP contribution in [0.5, 0.6) is 0 Å². The Balaban J connectivity index is 2.68. The molecule has 0 aliphatic carbocycles. The van der Waals surface area contributed by atoms with Crippen LogP contribution in [0, 0.1) is 0 Å². The SMILES string of the molecule is CCNS(=O)(=O)N1CCC=C(C)C1. The molecule has 0 atom stereocenters. The zero-order valence-corrected chi connectivity index (χ0v) is 8.89. The highest BCUT2D eigenvalue weighted by atomic mass is 32.2. The van der Waals surface area contributed by atoms with Gasteiger partial charge in [0.05, 0.1) is 0 Å². The summed E-state index contributed by atoms with van der Waals surface area (Å²) in [6.07, 6.45) is 2.90. The highest BCUT2D eigenvalue weighted by Crippen LogP contribution is 2.11. The molecule has 4 nitrogen and oxygen atoms in total. The molecule has 76 valence electrons. The summed E-state index contributed by atoms with van der Waals surface area (Å²) in [6, 6.07) is 0. The van der Waals surface area contributed by atoms with Crippen molar-refractivity contribution in [1.29, 1.82) is 0 Å². The third-order valence-electron chi connectivity index (χ3n) is 1.96. The van der Waals surface area contributed by atoms with Gasteiger partial charge in [-0.15, -0.1) is 0 Å². The van der Waals surface area contributed by atoms with Gasteiger partial charge >= 0.3 is 0 Å². The first kappa shape index (κ1) is 10.7. The minimum absolute atomic E-state index is 0.446. The maximum absolute atomic E-state index is 11.5. The molecule has 1 aliphatic heterocycles. The Bertz CT molecular complexity index is 295. The maximum atomic E-state index is 11.5. The largest absolute Gasteiger partial charge is 0.279 e. The van der Waals surface area contributed by atoms with Gasteiger partial charge in [0.1, 0.15) is 0 Å². The van der Waals surface area contributed by atoms with Gasteiger partial charge in [-0.25, -0.2) is 4.72 Å². The van der Waals surface area contributed by atoms with Gasteiger partial charge in [-0.2, -0.15) is 12.7 Å². The first-order valence-electron chi connectivity index (χ1n) is 4.46. The monoisotopic (exact) mass is 204 g/mol. The van der Waals surface area contributed by atoms with Crippen LogP contribution >= 0.6 is 0 Å². The lowest BCUT2D eigenvalue weighted by molar-refractivity contribution is 0.420. The van der Waals surface area contributed by atoms with Crippen LogP contribution < -0.4 is 4.72 Å². The normalized spacial score (nSPS) is 20.0. The quantitative estimate of drug-likeness (QED) is 0.680. The molecule has 0 bridgehead atoms. The summed E-state index contributed by atoms with van der Waals surface area (Å²) < 4.78 is 27.0. The summed E-state index contributed by atoms with van der Waals surface area (Å²) in [5.74, 6) is 0. The lowest BCUT2D eigenvalue weighted by atomic mass is 10.2. The predicted molar refractivity (Wildman–Crippen MR) is 52.5 cm³/mol. The van der Waals surface area contributed by atoms with E-state index in [2.05, 4.69) is 10.8 Å². The molecule has 0 aromatic heterocycles. The molecule has 1 heterocycles. The predicted octanol–water partition coefficient (Wildman–Crippen LogP) is 0.493. The van der Waals surface area contributed by atoms with Crippen molar-refractivity contribution in [3.8, 4) is 0 Å². The van der Waals surface area contributed by atoms with Crippen LogP contribution in [0.3, 0.4) is 0 Å². The van der Waals surface area contributed by atoms with E-state index in [1.807, 2.05) is 6.92 Å². The maximum Gasteiger partial charge on any atom is 0.279 e. The van der Waals surface area contributed by atoms with E-state index in [9.17, 15) is 8.42 Å². The molecule has 0 aromatic carbocycles. The molecule has 1 rings (SSSR count). The van der Waals surface area contributed by atoms with Crippen molar-refractivity contribution in [3.05, 3.63) is 11.6 Å². The average molecular weight is 204 g/mol. The molecule has 0 fully saturated rings. The fraction of sp³-hybridized carbons (Fsp3) is 0.750. The van der Waals surface area contributed by atoms with Crippen molar-refractivity contribution < 1.29 is 8.42 Å². The number of nitrogens with one attached hydrogen (secondary N) is 1. The van der Waals surface area contributed by atoms with Gasteiger partial charge in [-0.05, 0) is 13.3 Å². The minimum Gasteiger partial charge on any atom is -0.202 e. The Morgan fingerprint density at radius 2 is 2.31 bits per heavy atom. The highest BCUT2D eigenvalue weighted by Gasteiger charge is 2.22. The van der Waals surface area contributed by atoms with Crippen LogP contribution in [0.4, 0.5) is 0 Å². The van der Waals surface area contributed by atoms with Gasteiger partial charge in [-0.1, -0.05) is 18.6 Å². The van der Waals surface area contributed by atoms with E-state index < -0.39 is 10.2 Å². The van der Waals surface area contributed by atoms with Gasteiger partial charge in [0, 0.05) is 19.6 Å². The summed E-state index contributed by atoms with van der Waals surface area (Å²) in [6.45, 7) is 5.29. The third kappa shape index (κ3) is 2.79. The van der Waals surface area contributed by atoms with Gasteiger partial charge in [-0.3, -0.25) is 0 Å². The minimum atomic E-state index is -3.22.